The molecule has 2 atom stereocenters. The number of hydrogen-bond donors (Lipinski definition) is 0. The summed E-state index contributed by atoms with van der Waals surface area (Å²) in [6.07, 6.45) is 7.24. The van der Waals surface area contributed by atoms with E-state index in [1.54, 1.807) is 0 Å². The van der Waals surface area contributed by atoms with Crippen molar-refractivity contribution in [3.63, 3.8) is 0 Å². The van der Waals surface area contributed by atoms with Crippen LogP contribution < -0.4 is 24.0 Å². The van der Waals surface area contributed by atoms with Gasteiger partial charge in [0, 0.05) is 45.3 Å². The smallest absolute Gasteiger partial charge is 0.193 e. The Kier molecular flexibility index (Phi) is 14.9. The van der Waals surface area contributed by atoms with E-state index in [1.807, 2.05) is 72.8 Å². The maximum absolute atomic E-state index is 13.4. The summed E-state index contributed by atoms with van der Waals surface area (Å²) in [6.45, 7) is 13.1. The normalized spacial score (nSPS) is 13.0. The highest BCUT2D eigenvalue weighted by molar-refractivity contribution is 6.09. The van der Waals surface area contributed by atoms with Gasteiger partial charge in [-0.1, -0.05) is 76.9 Å². The van der Waals surface area contributed by atoms with Crippen molar-refractivity contribution in [3.8, 4) is 23.0 Å². The lowest BCUT2D eigenvalue weighted by atomic mass is 9.96. The van der Waals surface area contributed by atoms with Crippen LogP contribution in [0.5, 0.6) is 23.0 Å². The fourth-order valence-corrected chi connectivity index (χ4v) is 8.03. The molecule has 7 aromatic carbocycles. The van der Waals surface area contributed by atoms with Crippen LogP contribution in [0.4, 0.5) is 34.1 Å². The summed E-state index contributed by atoms with van der Waals surface area (Å²) in [5.41, 5.74) is 7.01. The summed E-state index contributed by atoms with van der Waals surface area (Å²) in [5.74, 6) is 2.96. The van der Waals surface area contributed by atoms with Crippen LogP contribution in [0.15, 0.2) is 182 Å². The molecule has 0 spiro atoms. The number of para-hydroxylation sites is 2. The van der Waals surface area contributed by atoms with Crippen molar-refractivity contribution in [2.45, 2.75) is 97.7 Å². The number of carbonyl (C=O) groups excluding carboxylic acids is 1. The first kappa shape index (κ1) is 45.2. The van der Waals surface area contributed by atoms with Crippen LogP contribution in [0, 0.1) is 0 Å². The lowest BCUT2D eigenvalue weighted by Gasteiger charge is -2.31. The molecule has 0 saturated carbocycles. The molecule has 2 unspecified atom stereocenters. The van der Waals surface area contributed by atoms with Gasteiger partial charge in [0.1, 0.15) is 34.2 Å². The Bertz CT molecular complexity index is 2510. The number of ketones is 1. The standard InChI is InChI=1S/C58H62N2O4/c1-7-11-43-58(6,10-4)64-55-40-32-51(33-41-55)60(47-20-16-13-17-21-47)49-28-26-48(27-29-49)59(46-18-14-12-15-19-46)50-30-38-53(39-31-50)62-52-34-22-44(23-35-52)56(61)45-24-36-54(37-25-45)63-57(5,9-3)42-8-2/h12-41H,7-11,42-43H2,1-6H3. The van der Waals surface area contributed by atoms with Gasteiger partial charge in [0.05, 0.1) is 0 Å². The van der Waals surface area contributed by atoms with Crippen molar-refractivity contribution in [1.82, 2.24) is 0 Å². The molecule has 328 valence electrons. The average molecular weight is 851 g/mol. The molecule has 0 saturated heterocycles. The van der Waals surface area contributed by atoms with Gasteiger partial charge in [-0.15, -0.1) is 0 Å². The van der Waals surface area contributed by atoms with Crippen molar-refractivity contribution in [1.29, 1.82) is 0 Å². The number of nitrogens with zero attached hydrogens (tertiary/aromatic N) is 2. The van der Waals surface area contributed by atoms with Crippen molar-refractivity contribution >= 4 is 39.9 Å². The van der Waals surface area contributed by atoms with E-state index >= 15 is 0 Å². The Morgan fingerprint density at radius 1 is 0.406 bits per heavy atom. The van der Waals surface area contributed by atoms with Gasteiger partial charge in [-0.25, -0.2) is 0 Å². The third kappa shape index (κ3) is 11.2. The quantitative estimate of drug-likeness (QED) is 0.0672. The minimum absolute atomic E-state index is 0.0482. The van der Waals surface area contributed by atoms with Gasteiger partial charge in [0.15, 0.2) is 5.78 Å². The van der Waals surface area contributed by atoms with Gasteiger partial charge in [-0.05, 0) is 192 Å². The van der Waals surface area contributed by atoms with Crippen molar-refractivity contribution in [2.75, 3.05) is 9.80 Å². The van der Waals surface area contributed by atoms with Crippen LogP contribution in [0.3, 0.4) is 0 Å². The van der Waals surface area contributed by atoms with E-state index in [2.05, 4.69) is 161 Å². The molecule has 0 radical (unpaired) electrons. The average Bonchev–Trinajstić information content (AvgIpc) is 3.34. The van der Waals surface area contributed by atoms with Crippen LogP contribution in [0.1, 0.15) is 102 Å². The minimum atomic E-state index is -0.216. The van der Waals surface area contributed by atoms with Crippen molar-refractivity contribution < 1.29 is 19.0 Å². The summed E-state index contributed by atoms with van der Waals surface area (Å²) >= 11 is 0. The Morgan fingerprint density at radius 2 is 0.734 bits per heavy atom. The zero-order valence-electron chi connectivity index (χ0n) is 38.3. The first-order valence-electron chi connectivity index (χ1n) is 22.9. The number of benzene rings is 7. The molecule has 0 heterocycles. The van der Waals surface area contributed by atoms with E-state index in [9.17, 15) is 4.79 Å². The Hall–Kier alpha value is -6.79. The first-order valence-corrected chi connectivity index (χ1v) is 22.9. The number of rotatable bonds is 21. The molecule has 0 amide bonds. The van der Waals surface area contributed by atoms with E-state index in [-0.39, 0.29) is 17.0 Å². The van der Waals surface area contributed by atoms with Gasteiger partial charge in [-0.3, -0.25) is 4.79 Å². The first-order chi connectivity index (χ1) is 31.1. The third-order valence-corrected chi connectivity index (χ3v) is 12.1. The van der Waals surface area contributed by atoms with Gasteiger partial charge in [0.2, 0.25) is 0 Å². The fraction of sp³-hybridized carbons (Fsp3) is 0.259. The van der Waals surface area contributed by atoms with Gasteiger partial charge in [0.25, 0.3) is 0 Å². The highest BCUT2D eigenvalue weighted by atomic mass is 16.5. The molecular weight excluding hydrogens is 789 g/mol. The van der Waals surface area contributed by atoms with Crippen molar-refractivity contribution in [3.05, 3.63) is 193 Å². The maximum Gasteiger partial charge on any atom is 0.193 e. The molecule has 6 nitrogen and oxygen atoms in total. The zero-order chi connectivity index (χ0) is 44.9. The molecule has 7 aromatic rings. The third-order valence-electron chi connectivity index (χ3n) is 12.1. The van der Waals surface area contributed by atoms with E-state index in [0.29, 0.717) is 22.6 Å². The molecule has 7 rings (SSSR count). The predicted octanol–water partition coefficient (Wildman–Crippen LogP) is 16.7. The summed E-state index contributed by atoms with van der Waals surface area (Å²) < 4.78 is 19.1. The second-order valence-electron chi connectivity index (χ2n) is 17.0. The monoisotopic (exact) mass is 850 g/mol. The molecule has 0 fully saturated rings. The van der Waals surface area contributed by atoms with Crippen molar-refractivity contribution in [2.24, 2.45) is 0 Å². The lowest BCUT2D eigenvalue weighted by molar-refractivity contribution is 0.0724. The van der Waals surface area contributed by atoms with Crippen LogP contribution in [0.2, 0.25) is 0 Å². The SMILES string of the molecule is CCCCC(C)(CC)Oc1ccc(N(c2ccccc2)c2ccc(N(c3ccccc3)c3ccc(Oc4ccc(C(=O)c5ccc(OC(C)(CC)CCC)cc5)cc4)cc3)cc2)cc1. The zero-order valence-corrected chi connectivity index (χ0v) is 38.3. The molecule has 0 aliphatic carbocycles. The summed E-state index contributed by atoms with van der Waals surface area (Å²) in [6, 6.07) is 60.8. The minimum Gasteiger partial charge on any atom is -0.488 e. The molecule has 0 aliphatic rings. The Morgan fingerprint density at radius 3 is 1.11 bits per heavy atom. The van der Waals surface area contributed by atoms with E-state index < -0.39 is 0 Å². The predicted molar refractivity (Wildman–Crippen MR) is 265 cm³/mol. The molecule has 6 heteroatoms. The number of ether oxygens (including phenoxy) is 3. The highest BCUT2D eigenvalue weighted by Gasteiger charge is 2.25. The number of unbranched alkanes of at least 4 members (excludes halogenated alkanes) is 1. The Balaban J connectivity index is 1.07. The second kappa shape index (κ2) is 21.1. The molecule has 0 aliphatic heterocycles. The van der Waals surface area contributed by atoms with Gasteiger partial charge >= 0.3 is 0 Å². The summed E-state index contributed by atoms with van der Waals surface area (Å²) in [5, 5.41) is 0. The van der Waals surface area contributed by atoms with E-state index in [1.165, 1.54) is 0 Å². The molecule has 64 heavy (non-hydrogen) atoms. The molecule has 0 bridgehead atoms. The highest BCUT2D eigenvalue weighted by Crippen LogP contribution is 2.40. The van der Waals surface area contributed by atoms with Crippen LogP contribution in [0.25, 0.3) is 0 Å². The number of anilines is 6. The largest absolute Gasteiger partial charge is 0.488 e. The maximum atomic E-state index is 13.4. The van der Waals surface area contributed by atoms with Crippen LogP contribution in [-0.4, -0.2) is 17.0 Å². The summed E-state index contributed by atoms with van der Waals surface area (Å²) in [4.78, 5) is 17.9. The summed E-state index contributed by atoms with van der Waals surface area (Å²) in [7, 11) is 0. The number of hydrogen-bond acceptors (Lipinski definition) is 6. The topological polar surface area (TPSA) is 51.2 Å². The second-order valence-corrected chi connectivity index (χ2v) is 17.0. The molecular formula is C58H62N2O4. The van der Waals surface area contributed by atoms with Gasteiger partial charge in [-0.2, -0.15) is 0 Å². The molecule has 0 aromatic heterocycles. The fourth-order valence-electron chi connectivity index (χ4n) is 8.03. The lowest BCUT2D eigenvalue weighted by Crippen LogP contribution is -2.31. The van der Waals surface area contributed by atoms with Crippen LogP contribution in [-0.2, 0) is 0 Å². The van der Waals surface area contributed by atoms with E-state index in [4.69, 9.17) is 14.2 Å². The van der Waals surface area contributed by atoms with Gasteiger partial charge < -0.3 is 24.0 Å². The van der Waals surface area contributed by atoms with Crippen LogP contribution >= 0.6 is 0 Å². The molecule has 0 N–H and O–H groups in total. The number of carbonyl (C=O) groups is 1. The van der Waals surface area contributed by atoms with E-state index in [0.717, 1.165) is 90.6 Å². The Labute approximate surface area is 381 Å².